The summed E-state index contributed by atoms with van der Waals surface area (Å²) in [6.07, 6.45) is 3.21. The maximum absolute atomic E-state index is 13.5. The predicted octanol–water partition coefficient (Wildman–Crippen LogP) is 4.14. The quantitative estimate of drug-likeness (QED) is 0.767. The van der Waals surface area contributed by atoms with Gasteiger partial charge in [0.25, 0.3) is 0 Å². The van der Waals surface area contributed by atoms with Gasteiger partial charge in [-0.2, -0.15) is 4.39 Å². The molecular weight excluding hydrogens is 271 g/mol. The van der Waals surface area contributed by atoms with Crippen LogP contribution in [0.15, 0.2) is 34.2 Å². The molecule has 1 aliphatic carbocycles. The van der Waals surface area contributed by atoms with Crippen molar-refractivity contribution < 1.29 is 13.2 Å². The summed E-state index contributed by atoms with van der Waals surface area (Å²) in [5.41, 5.74) is 2.55. The van der Waals surface area contributed by atoms with E-state index in [0.29, 0.717) is 6.07 Å². The molecule has 98 valence electrons. The van der Waals surface area contributed by atoms with Crippen molar-refractivity contribution in [1.82, 2.24) is 4.98 Å². The van der Waals surface area contributed by atoms with E-state index in [1.54, 1.807) is 0 Å². The molecule has 3 rings (SSSR count). The molecule has 0 radical (unpaired) electrons. The Bertz CT molecular complexity index is 643. The van der Waals surface area contributed by atoms with Crippen LogP contribution in [-0.2, 0) is 12.8 Å². The Balaban J connectivity index is 1.91. The third-order valence-corrected chi connectivity index (χ3v) is 4.11. The number of benzene rings is 1. The van der Waals surface area contributed by atoms with Crippen molar-refractivity contribution in [3.63, 3.8) is 0 Å². The SMILES string of the molecule is Fc1cc(F)c(Sc2ccc3c(c2)CCC3)nc1F. The molecule has 0 N–H and O–H groups in total. The van der Waals surface area contributed by atoms with Crippen LogP contribution in [0.1, 0.15) is 17.5 Å². The number of fused-ring (bicyclic) bond motifs is 1. The summed E-state index contributed by atoms with van der Waals surface area (Å²) in [5.74, 6) is -3.38. The average Bonchev–Trinajstić information content (AvgIpc) is 2.83. The second-order valence-corrected chi connectivity index (χ2v) is 5.50. The first-order valence-electron chi connectivity index (χ1n) is 5.94. The lowest BCUT2D eigenvalue weighted by molar-refractivity contribution is 0.448. The standard InChI is InChI=1S/C14H10F3NS/c15-11-7-12(16)14(18-13(11)17)19-10-5-4-8-2-1-3-9(8)6-10/h4-7H,1-3H2. The number of hydrogen-bond donors (Lipinski definition) is 0. The van der Waals surface area contributed by atoms with Gasteiger partial charge in [-0.1, -0.05) is 17.8 Å². The van der Waals surface area contributed by atoms with Crippen LogP contribution in [0.25, 0.3) is 0 Å². The van der Waals surface area contributed by atoms with E-state index in [4.69, 9.17) is 0 Å². The number of rotatable bonds is 2. The number of halogens is 3. The first kappa shape index (κ1) is 12.5. The van der Waals surface area contributed by atoms with Gasteiger partial charge in [0, 0.05) is 11.0 Å². The lowest BCUT2D eigenvalue weighted by atomic mass is 10.1. The molecule has 0 amide bonds. The van der Waals surface area contributed by atoms with E-state index in [0.717, 1.165) is 35.9 Å². The average molecular weight is 281 g/mol. The van der Waals surface area contributed by atoms with Gasteiger partial charge in [0.05, 0.1) is 0 Å². The van der Waals surface area contributed by atoms with Crippen LogP contribution in [0.4, 0.5) is 13.2 Å². The zero-order valence-electron chi connectivity index (χ0n) is 9.92. The second kappa shape index (κ2) is 4.89. The first-order chi connectivity index (χ1) is 9.13. The van der Waals surface area contributed by atoms with Crippen LogP contribution < -0.4 is 0 Å². The molecule has 0 atom stereocenters. The summed E-state index contributed by atoms with van der Waals surface area (Å²) in [6.45, 7) is 0. The van der Waals surface area contributed by atoms with Gasteiger partial charge >= 0.3 is 0 Å². The smallest absolute Gasteiger partial charge is 0.207 e. The third kappa shape index (κ3) is 2.47. The Morgan fingerprint density at radius 3 is 2.58 bits per heavy atom. The fourth-order valence-electron chi connectivity index (χ4n) is 2.22. The van der Waals surface area contributed by atoms with Gasteiger partial charge < -0.3 is 0 Å². The number of pyridine rings is 1. The summed E-state index contributed by atoms with van der Waals surface area (Å²) in [6, 6.07) is 6.35. The van der Waals surface area contributed by atoms with Crippen molar-refractivity contribution in [3.05, 3.63) is 53.0 Å². The summed E-state index contributed by atoms with van der Waals surface area (Å²) >= 11 is 1.01. The third-order valence-electron chi connectivity index (χ3n) is 3.14. The molecule has 0 saturated heterocycles. The molecule has 1 aromatic heterocycles. The molecule has 1 aliphatic rings. The maximum Gasteiger partial charge on any atom is 0.250 e. The zero-order chi connectivity index (χ0) is 13.4. The summed E-state index contributed by atoms with van der Waals surface area (Å²) in [5, 5.41) is -0.142. The number of hydrogen-bond acceptors (Lipinski definition) is 2. The van der Waals surface area contributed by atoms with Crippen molar-refractivity contribution in [3.8, 4) is 0 Å². The van der Waals surface area contributed by atoms with Crippen molar-refractivity contribution >= 4 is 11.8 Å². The largest absolute Gasteiger partial charge is 0.250 e. The molecule has 1 aromatic carbocycles. The van der Waals surface area contributed by atoms with Crippen LogP contribution >= 0.6 is 11.8 Å². The molecule has 1 heterocycles. The van der Waals surface area contributed by atoms with Crippen molar-refractivity contribution in [2.75, 3.05) is 0 Å². The van der Waals surface area contributed by atoms with Gasteiger partial charge in [-0.15, -0.1) is 0 Å². The Hall–Kier alpha value is -1.49. The van der Waals surface area contributed by atoms with Crippen LogP contribution in [0, 0.1) is 17.6 Å². The van der Waals surface area contributed by atoms with Crippen molar-refractivity contribution in [2.45, 2.75) is 29.2 Å². The lowest BCUT2D eigenvalue weighted by Crippen LogP contribution is -1.95. The molecule has 19 heavy (non-hydrogen) atoms. The van der Waals surface area contributed by atoms with Crippen LogP contribution in [0.3, 0.4) is 0 Å². The van der Waals surface area contributed by atoms with Gasteiger partial charge in [0.1, 0.15) is 5.03 Å². The van der Waals surface area contributed by atoms with Crippen LogP contribution in [0.2, 0.25) is 0 Å². The van der Waals surface area contributed by atoms with Crippen LogP contribution in [0.5, 0.6) is 0 Å². The molecule has 2 aromatic rings. The number of nitrogens with zero attached hydrogens (tertiary/aromatic N) is 1. The van der Waals surface area contributed by atoms with Gasteiger partial charge in [-0.3, -0.25) is 0 Å². The van der Waals surface area contributed by atoms with Crippen LogP contribution in [-0.4, -0.2) is 4.98 Å². The van der Waals surface area contributed by atoms with E-state index in [1.807, 2.05) is 18.2 Å². The molecule has 0 fully saturated rings. The molecule has 0 spiro atoms. The molecular formula is C14H10F3NS. The molecule has 0 unspecified atom stereocenters. The number of aromatic nitrogens is 1. The highest BCUT2D eigenvalue weighted by atomic mass is 32.2. The summed E-state index contributed by atoms with van der Waals surface area (Å²) in [4.78, 5) is 4.10. The first-order valence-corrected chi connectivity index (χ1v) is 6.76. The highest BCUT2D eigenvalue weighted by Crippen LogP contribution is 2.32. The fourth-order valence-corrected chi connectivity index (χ4v) is 3.07. The highest BCUT2D eigenvalue weighted by molar-refractivity contribution is 7.99. The minimum absolute atomic E-state index is 0.142. The van der Waals surface area contributed by atoms with E-state index < -0.39 is 17.6 Å². The second-order valence-electron chi connectivity index (χ2n) is 4.43. The van der Waals surface area contributed by atoms with Crippen molar-refractivity contribution in [2.24, 2.45) is 0 Å². The van der Waals surface area contributed by atoms with E-state index >= 15 is 0 Å². The molecule has 5 heteroatoms. The minimum Gasteiger partial charge on any atom is -0.207 e. The van der Waals surface area contributed by atoms with Crippen molar-refractivity contribution in [1.29, 1.82) is 0 Å². The summed E-state index contributed by atoms with van der Waals surface area (Å²) in [7, 11) is 0. The Morgan fingerprint density at radius 2 is 1.74 bits per heavy atom. The minimum atomic E-state index is -1.27. The number of aryl methyl sites for hydroxylation is 2. The van der Waals surface area contributed by atoms with Gasteiger partial charge in [0.15, 0.2) is 11.6 Å². The van der Waals surface area contributed by atoms with Gasteiger partial charge in [-0.25, -0.2) is 13.8 Å². The Morgan fingerprint density at radius 1 is 0.947 bits per heavy atom. The Kier molecular flexibility index (Phi) is 3.22. The molecule has 0 bridgehead atoms. The van der Waals surface area contributed by atoms with E-state index in [-0.39, 0.29) is 5.03 Å². The molecule has 0 aliphatic heterocycles. The van der Waals surface area contributed by atoms with E-state index in [1.165, 1.54) is 11.1 Å². The summed E-state index contributed by atoms with van der Waals surface area (Å²) < 4.78 is 39.3. The maximum atomic E-state index is 13.5. The monoisotopic (exact) mass is 281 g/mol. The highest BCUT2D eigenvalue weighted by Gasteiger charge is 2.15. The van der Waals surface area contributed by atoms with Gasteiger partial charge in [-0.05, 0) is 42.5 Å². The molecule has 1 nitrogen and oxygen atoms in total. The topological polar surface area (TPSA) is 12.9 Å². The lowest BCUT2D eigenvalue weighted by Gasteiger charge is -2.05. The Labute approximate surface area is 112 Å². The zero-order valence-corrected chi connectivity index (χ0v) is 10.7. The normalized spacial score (nSPS) is 13.6. The van der Waals surface area contributed by atoms with E-state index in [9.17, 15) is 13.2 Å². The van der Waals surface area contributed by atoms with Gasteiger partial charge in [0.2, 0.25) is 5.95 Å². The molecule has 0 saturated carbocycles. The fraction of sp³-hybridized carbons (Fsp3) is 0.214. The predicted molar refractivity (Wildman–Crippen MR) is 66.7 cm³/mol. The van der Waals surface area contributed by atoms with E-state index in [2.05, 4.69) is 4.98 Å².